The summed E-state index contributed by atoms with van der Waals surface area (Å²) in [5, 5.41) is 8.50. The van der Waals surface area contributed by atoms with E-state index in [4.69, 9.17) is 9.68 Å². The van der Waals surface area contributed by atoms with Crippen molar-refractivity contribution in [3.63, 3.8) is 0 Å². The van der Waals surface area contributed by atoms with Crippen LogP contribution >= 0.6 is 0 Å². The van der Waals surface area contributed by atoms with E-state index in [0.717, 1.165) is 30.6 Å². The van der Waals surface area contributed by atoms with E-state index in [2.05, 4.69) is 22.0 Å². The summed E-state index contributed by atoms with van der Waals surface area (Å²) >= 11 is 0. The molecule has 88 valence electrons. The highest BCUT2D eigenvalue weighted by atomic mass is 16.3. The molecule has 0 atom stereocenters. The lowest BCUT2D eigenvalue weighted by Gasteiger charge is -2.14. The molecule has 0 fully saturated rings. The zero-order valence-corrected chi connectivity index (χ0v) is 9.89. The van der Waals surface area contributed by atoms with Crippen molar-refractivity contribution < 1.29 is 4.42 Å². The summed E-state index contributed by atoms with van der Waals surface area (Å²) < 4.78 is 5.26. The van der Waals surface area contributed by atoms with Gasteiger partial charge in [-0.2, -0.15) is 5.26 Å². The Bertz CT molecular complexity index is 527. The summed E-state index contributed by atoms with van der Waals surface area (Å²) in [6.07, 6.45) is 3.00. The number of rotatable bonds is 5. The van der Waals surface area contributed by atoms with Crippen molar-refractivity contribution in [2.75, 3.05) is 20.1 Å². The van der Waals surface area contributed by atoms with Crippen LogP contribution in [-0.2, 0) is 6.42 Å². The van der Waals surface area contributed by atoms with Gasteiger partial charge >= 0.3 is 0 Å². The summed E-state index contributed by atoms with van der Waals surface area (Å²) in [7, 11) is 2.03. The highest BCUT2D eigenvalue weighted by Crippen LogP contribution is 2.14. The van der Waals surface area contributed by atoms with Crippen LogP contribution in [0.15, 0.2) is 29.0 Å². The highest BCUT2D eigenvalue weighted by Gasteiger charge is 2.02. The Labute approximate surface area is 100 Å². The molecule has 0 aliphatic rings. The van der Waals surface area contributed by atoms with Gasteiger partial charge in [-0.1, -0.05) is 6.07 Å². The molecule has 0 amide bonds. The van der Waals surface area contributed by atoms with Crippen LogP contribution in [-0.4, -0.2) is 30.0 Å². The average Bonchev–Trinajstić information content (AvgIpc) is 2.81. The number of oxazole rings is 1. The number of nitriles is 1. The van der Waals surface area contributed by atoms with Crippen molar-refractivity contribution in [3.8, 4) is 6.07 Å². The van der Waals surface area contributed by atoms with Crippen LogP contribution in [0.2, 0.25) is 0 Å². The molecule has 0 radical (unpaired) electrons. The lowest BCUT2D eigenvalue weighted by atomic mass is 10.1. The van der Waals surface area contributed by atoms with E-state index in [9.17, 15) is 0 Å². The normalized spacial score (nSPS) is 10.9. The predicted molar refractivity (Wildman–Crippen MR) is 65.4 cm³/mol. The third-order valence-electron chi connectivity index (χ3n) is 2.78. The van der Waals surface area contributed by atoms with E-state index in [0.29, 0.717) is 6.42 Å². The summed E-state index contributed by atoms with van der Waals surface area (Å²) in [5.41, 5.74) is 2.96. The Morgan fingerprint density at radius 2 is 2.29 bits per heavy atom. The average molecular weight is 229 g/mol. The summed E-state index contributed by atoms with van der Waals surface area (Å²) in [5.74, 6) is 0. The molecule has 1 heterocycles. The fourth-order valence-corrected chi connectivity index (χ4v) is 1.73. The lowest BCUT2D eigenvalue weighted by molar-refractivity contribution is 0.346. The van der Waals surface area contributed by atoms with Crippen LogP contribution in [0.3, 0.4) is 0 Å². The minimum atomic E-state index is 0.581. The van der Waals surface area contributed by atoms with Gasteiger partial charge < -0.3 is 9.32 Å². The van der Waals surface area contributed by atoms with Crippen molar-refractivity contribution in [1.29, 1.82) is 5.26 Å². The first-order valence-electron chi connectivity index (χ1n) is 5.67. The molecule has 0 saturated carbocycles. The standard InChI is InChI=1S/C13H15N3O/c1-16(7-2-6-14)8-5-11-3-4-12-13(9-11)17-10-15-12/h3-4,9-10H,2,5,7-8H2,1H3. The third kappa shape index (κ3) is 3.05. The zero-order chi connectivity index (χ0) is 12.1. The predicted octanol–water partition coefficient (Wildman–Crippen LogP) is 2.22. The van der Waals surface area contributed by atoms with E-state index < -0.39 is 0 Å². The molecule has 0 aliphatic heterocycles. The van der Waals surface area contributed by atoms with Crippen LogP contribution in [0.5, 0.6) is 0 Å². The van der Waals surface area contributed by atoms with Gasteiger partial charge in [0.15, 0.2) is 12.0 Å². The second-order valence-electron chi connectivity index (χ2n) is 4.12. The maximum atomic E-state index is 8.50. The van der Waals surface area contributed by atoms with Gasteiger partial charge in [-0.3, -0.25) is 0 Å². The molecule has 4 heteroatoms. The zero-order valence-electron chi connectivity index (χ0n) is 9.89. The third-order valence-corrected chi connectivity index (χ3v) is 2.78. The maximum Gasteiger partial charge on any atom is 0.181 e. The van der Waals surface area contributed by atoms with Gasteiger partial charge in [0.25, 0.3) is 0 Å². The summed E-state index contributed by atoms with van der Waals surface area (Å²) in [6, 6.07) is 8.23. The molecule has 17 heavy (non-hydrogen) atoms. The molecule has 1 aromatic carbocycles. The van der Waals surface area contributed by atoms with Gasteiger partial charge in [-0.25, -0.2) is 4.98 Å². The molecule has 0 bridgehead atoms. The minimum absolute atomic E-state index is 0.581. The molecule has 0 unspecified atom stereocenters. The summed E-state index contributed by atoms with van der Waals surface area (Å²) in [4.78, 5) is 6.24. The quantitative estimate of drug-likeness (QED) is 0.788. The Hall–Kier alpha value is -1.86. The van der Waals surface area contributed by atoms with Gasteiger partial charge in [0.05, 0.1) is 6.07 Å². The van der Waals surface area contributed by atoms with Crippen molar-refractivity contribution >= 4 is 11.1 Å². The fourth-order valence-electron chi connectivity index (χ4n) is 1.73. The van der Waals surface area contributed by atoms with E-state index in [1.54, 1.807) is 0 Å². The molecular weight excluding hydrogens is 214 g/mol. The van der Waals surface area contributed by atoms with Gasteiger partial charge in [0.1, 0.15) is 5.52 Å². The van der Waals surface area contributed by atoms with Crippen LogP contribution in [0.25, 0.3) is 11.1 Å². The molecule has 0 N–H and O–H groups in total. The van der Waals surface area contributed by atoms with Crippen molar-refractivity contribution in [2.45, 2.75) is 12.8 Å². The van der Waals surface area contributed by atoms with Gasteiger partial charge in [-0.05, 0) is 31.2 Å². The van der Waals surface area contributed by atoms with E-state index in [-0.39, 0.29) is 0 Å². The Morgan fingerprint density at radius 1 is 1.41 bits per heavy atom. The number of fused-ring (bicyclic) bond motifs is 1. The number of benzene rings is 1. The van der Waals surface area contributed by atoms with E-state index >= 15 is 0 Å². The van der Waals surface area contributed by atoms with Gasteiger partial charge in [-0.15, -0.1) is 0 Å². The van der Waals surface area contributed by atoms with Gasteiger partial charge in [0, 0.05) is 19.5 Å². The first-order chi connectivity index (χ1) is 8.29. The Morgan fingerprint density at radius 3 is 3.12 bits per heavy atom. The van der Waals surface area contributed by atoms with Crippen LogP contribution in [0.4, 0.5) is 0 Å². The summed E-state index contributed by atoms with van der Waals surface area (Å²) in [6.45, 7) is 1.77. The number of likely N-dealkylation sites (N-methyl/N-ethyl adjacent to an activating group) is 1. The maximum absolute atomic E-state index is 8.50. The Kier molecular flexibility index (Phi) is 3.73. The van der Waals surface area contributed by atoms with Crippen LogP contribution < -0.4 is 0 Å². The van der Waals surface area contributed by atoms with Crippen LogP contribution in [0, 0.1) is 11.3 Å². The number of nitrogens with zero attached hydrogens (tertiary/aromatic N) is 3. The molecule has 0 saturated heterocycles. The highest BCUT2D eigenvalue weighted by molar-refractivity contribution is 5.72. The van der Waals surface area contributed by atoms with Crippen LogP contribution in [0.1, 0.15) is 12.0 Å². The van der Waals surface area contributed by atoms with Gasteiger partial charge in [0.2, 0.25) is 0 Å². The largest absolute Gasteiger partial charge is 0.443 e. The molecule has 2 aromatic rings. The first-order valence-corrected chi connectivity index (χ1v) is 5.67. The monoisotopic (exact) mass is 229 g/mol. The smallest absolute Gasteiger partial charge is 0.181 e. The minimum Gasteiger partial charge on any atom is -0.443 e. The first kappa shape index (κ1) is 11.6. The fraction of sp³-hybridized carbons (Fsp3) is 0.385. The van der Waals surface area contributed by atoms with E-state index in [1.807, 2.05) is 19.2 Å². The molecule has 4 nitrogen and oxygen atoms in total. The molecule has 0 aliphatic carbocycles. The van der Waals surface area contributed by atoms with Crippen molar-refractivity contribution in [2.24, 2.45) is 0 Å². The van der Waals surface area contributed by atoms with Crippen molar-refractivity contribution in [1.82, 2.24) is 9.88 Å². The number of aromatic nitrogens is 1. The Balaban J connectivity index is 1.92. The molecule has 1 aromatic heterocycles. The number of hydrogen-bond acceptors (Lipinski definition) is 4. The molecule has 0 spiro atoms. The molecular formula is C13H15N3O. The SMILES string of the molecule is CN(CCC#N)CCc1ccc2ncoc2c1. The number of hydrogen-bond donors (Lipinski definition) is 0. The lowest BCUT2D eigenvalue weighted by Crippen LogP contribution is -2.22. The van der Waals surface area contributed by atoms with E-state index in [1.165, 1.54) is 12.0 Å². The van der Waals surface area contributed by atoms with Crippen molar-refractivity contribution in [3.05, 3.63) is 30.2 Å². The second-order valence-corrected chi connectivity index (χ2v) is 4.12. The molecule has 2 rings (SSSR count). The second kappa shape index (κ2) is 5.46. The topological polar surface area (TPSA) is 53.1 Å².